The average molecular weight is 151 g/mol. The van der Waals surface area contributed by atoms with Crippen molar-refractivity contribution in [3.63, 3.8) is 0 Å². The Hall–Kier alpha value is -1.58. The van der Waals surface area contributed by atoms with Crippen LogP contribution >= 0.6 is 0 Å². The fourth-order valence-corrected chi connectivity index (χ4v) is 0.736. The van der Waals surface area contributed by atoms with Gasteiger partial charge in [0, 0.05) is 11.8 Å². The SMILES string of the molecule is C=CCc1cnc(N)[nH]c1=O. The Morgan fingerprint density at radius 2 is 2.55 bits per heavy atom. The standard InChI is InChI=1S/C7H9N3O/c1-2-3-5-4-9-7(8)10-6(5)11/h2,4H,1,3H2,(H3,8,9,10,11). The molecule has 0 radical (unpaired) electrons. The molecule has 0 atom stereocenters. The number of nitrogens with zero attached hydrogens (tertiary/aromatic N) is 1. The minimum Gasteiger partial charge on any atom is -0.369 e. The van der Waals surface area contributed by atoms with E-state index in [1.54, 1.807) is 6.08 Å². The van der Waals surface area contributed by atoms with E-state index in [9.17, 15) is 4.79 Å². The minimum atomic E-state index is -0.197. The van der Waals surface area contributed by atoms with E-state index in [0.717, 1.165) is 0 Å². The Balaban J connectivity index is 3.09. The van der Waals surface area contributed by atoms with Crippen LogP contribution in [-0.2, 0) is 6.42 Å². The summed E-state index contributed by atoms with van der Waals surface area (Å²) in [6.07, 6.45) is 3.61. The lowest BCUT2D eigenvalue weighted by Crippen LogP contribution is -2.14. The first-order valence-corrected chi connectivity index (χ1v) is 3.18. The highest BCUT2D eigenvalue weighted by atomic mass is 16.1. The van der Waals surface area contributed by atoms with Crippen LogP contribution < -0.4 is 11.3 Å². The van der Waals surface area contributed by atoms with Crippen LogP contribution in [-0.4, -0.2) is 9.97 Å². The summed E-state index contributed by atoms with van der Waals surface area (Å²) in [6.45, 7) is 3.51. The Bertz CT molecular complexity index is 316. The molecule has 0 aliphatic carbocycles. The summed E-state index contributed by atoms with van der Waals surface area (Å²) in [7, 11) is 0. The van der Waals surface area contributed by atoms with E-state index in [4.69, 9.17) is 5.73 Å². The number of aromatic nitrogens is 2. The number of nitrogen functional groups attached to an aromatic ring is 1. The van der Waals surface area contributed by atoms with E-state index in [0.29, 0.717) is 12.0 Å². The number of H-pyrrole nitrogens is 1. The van der Waals surface area contributed by atoms with Crippen molar-refractivity contribution in [2.45, 2.75) is 6.42 Å². The Kier molecular flexibility index (Phi) is 2.06. The van der Waals surface area contributed by atoms with Gasteiger partial charge in [-0.2, -0.15) is 0 Å². The summed E-state index contributed by atoms with van der Waals surface area (Å²) in [5.74, 6) is 0.141. The van der Waals surface area contributed by atoms with E-state index < -0.39 is 0 Å². The summed E-state index contributed by atoms with van der Waals surface area (Å²) in [5.41, 5.74) is 5.61. The number of aromatic amines is 1. The van der Waals surface area contributed by atoms with Crippen LogP contribution in [0.5, 0.6) is 0 Å². The van der Waals surface area contributed by atoms with E-state index in [1.807, 2.05) is 0 Å². The topological polar surface area (TPSA) is 71.8 Å². The summed E-state index contributed by atoms with van der Waals surface area (Å²) in [5, 5.41) is 0. The minimum absolute atomic E-state index is 0.141. The third-order valence-corrected chi connectivity index (χ3v) is 1.26. The van der Waals surface area contributed by atoms with Crippen LogP contribution in [0.2, 0.25) is 0 Å². The molecular formula is C7H9N3O. The van der Waals surface area contributed by atoms with E-state index >= 15 is 0 Å². The number of hydrogen-bond acceptors (Lipinski definition) is 3. The molecule has 0 aliphatic rings. The molecule has 4 heteroatoms. The summed E-state index contributed by atoms with van der Waals surface area (Å²) < 4.78 is 0. The molecule has 4 nitrogen and oxygen atoms in total. The Labute approximate surface area is 63.8 Å². The zero-order valence-corrected chi connectivity index (χ0v) is 6.00. The maximum Gasteiger partial charge on any atom is 0.255 e. The molecule has 0 unspecified atom stereocenters. The Morgan fingerprint density at radius 1 is 1.82 bits per heavy atom. The van der Waals surface area contributed by atoms with Crippen molar-refractivity contribution in [2.75, 3.05) is 5.73 Å². The third-order valence-electron chi connectivity index (χ3n) is 1.26. The van der Waals surface area contributed by atoms with Gasteiger partial charge in [0.15, 0.2) is 5.95 Å². The maximum absolute atomic E-state index is 11.0. The van der Waals surface area contributed by atoms with Crippen molar-refractivity contribution in [3.8, 4) is 0 Å². The predicted octanol–water partition coefficient (Wildman–Crippen LogP) is 0.0806. The zero-order valence-electron chi connectivity index (χ0n) is 6.00. The molecule has 0 amide bonds. The lowest BCUT2D eigenvalue weighted by atomic mass is 10.2. The maximum atomic E-state index is 11.0. The van der Waals surface area contributed by atoms with Crippen molar-refractivity contribution in [2.24, 2.45) is 0 Å². The highest BCUT2D eigenvalue weighted by Gasteiger charge is 1.96. The number of hydrogen-bond donors (Lipinski definition) is 2. The van der Waals surface area contributed by atoms with Crippen molar-refractivity contribution in [3.05, 3.63) is 34.8 Å². The normalized spacial score (nSPS) is 9.45. The monoisotopic (exact) mass is 151 g/mol. The molecule has 0 bridgehead atoms. The molecule has 1 aromatic heterocycles. The molecule has 58 valence electrons. The number of nitrogens with two attached hydrogens (primary N) is 1. The van der Waals surface area contributed by atoms with Gasteiger partial charge in [-0.05, 0) is 6.42 Å². The highest BCUT2D eigenvalue weighted by molar-refractivity contribution is 5.18. The van der Waals surface area contributed by atoms with Crippen molar-refractivity contribution >= 4 is 5.95 Å². The van der Waals surface area contributed by atoms with Crippen LogP contribution in [0, 0.1) is 0 Å². The van der Waals surface area contributed by atoms with Gasteiger partial charge in [-0.1, -0.05) is 6.08 Å². The molecule has 1 aromatic rings. The first-order valence-electron chi connectivity index (χ1n) is 3.18. The molecule has 11 heavy (non-hydrogen) atoms. The fourth-order valence-electron chi connectivity index (χ4n) is 0.736. The van der Waals surface area contributed by atoms with Crippen LogP contribution in [0.3, 0.4) is 0 Å². The van der Waals surface area contributed by atoms with Gasteiger partial charge >= 0.3 is 0 Å². The van der Waals surface area contributed by atoms with Crippen LogP contribution in [0.15, 0.2) is 23.6 Å². The van der Waals surface area contributed by atoms with Gasteiger partial charge < -0.3 is 5.73 Å². The third kappa shape index (κ3) is 1.67. The quantitative estimate of drug-likeness (QED) is 0.588. The van der Waals surface area contributed by atoms with Gasteiger partial charge in [0.1, 0.15) is 0 Å². The largest absolute Gasteiger partial charge is 0.369 e. The molecule has 0 saturated carbocycles. The summed E-state index contributed by atoms with van der Waals surface area (Å²) in [4.78, 5) is 17.1. The molecule has 0 fully saturated rings. The highest BCUT2D eigenvalue weighted by Crippen LogP contribution is 1.91. The van der Waals surface area contributed by atoms with E-state index in [1.165, 1.54) is 6.20 Å². The molecule has 0 aromatic carbocycles. The summed E-state index contributed by atoms with van der Waals surface area (Å²) in [6, 6.07) is 0. The first-order chi connectivity index (χ1) is 5.24. The second-order valence-corrected chi connectivity index (χ2v) is 2.12. The lowest BCUT2D eigenvalue weighted by Gasteiger charge is -1.94. The fraction of sp³-hybridized carbons (Fsp3) is 0.143. The number of allylic oxidation sites excluding steroid dienone is 1. The van der Waals surface area contributed by atoms with Gasteiger partial charge in [-0.3, -0.25) is 9.78 Å². The molecule has 3 N–H and O–H groups in total. The molecule has 0 spiro atoms. The number of anilines is 1. The predicted molar refractivity (Wildman–Crippen MR) is 43.2 cm³/mol. The van der Waals surface area contributed by atoms with Crippen LogP contribution in [0.1, 0.15) is 5.56 Å². The number of nitrogens with one attached hydrogen (secondary N) is 1. The molecule has 0 saturated heterocycles. The van der Waals surface area contributed by atoms with Gasteiger partial charge in [-0.15, -0.1) is 6.58 Å². The molecule has 1 heterocycles. The van der Waals surface area contributed by atoms with Gasteiger partial charge in [0.2, 0.25) is 0 Å². The zero-order chi connectivity index (χ0) is 8.27. The van der Waals surface area contributed by atoms with Crippen LogP contribution in [0.25, 0.3) is 0 Å². The molecule has 1 rings (SSSR count). The average Bonchev–Trinajstić information content (AvgIpc) is 1.95. The van der Waals surface area contributed by atoms with Crippen molar-refractivity contribution in [1.29, 1.82) is 0 Å². The smallest absolute Gasteiger partial charge is 0.255 e. The first kappa shape index (κ1) is 7.53. The van der Waals surface area contributed by atoms with Gasteiger partial charge in [0.25, 0.3) is 5.56 Å². The van der Waals surface area contributed by atoms with Crippen molar-refractivity contribution < 1.29 is 0 Å². The lowest BCUT2D eigenvalue weighted by molar-refractivity contribution is 1.06. The summed E-state index contributed by atoms with van der Waals surface area (Å²) >= 11 is 0. The van der Waals surface area contributed by atoms with E-state index in [-0.39, 0.29) is 11.5 Å². The van der Waals surface area contributed by atoms with Gasteiger partial charge in [-0.25, -0.2) is 4.98 Å². The molecular weight excluding hydrogens is 142 g/mol. The Morgan fingerprint density at radius 3 is 3.09 bits per heavy atom. The van der Waals surface area contributed by atoms with Crippen molar-refractivity contribution in [1.82, 2.24) is 9.97 Å². The molecule has 0 aliphatic heterocycles. The van der Waals surface area contributed by atoms with Gasteiger partial charge in [0.05, 0.1) is 0 Å². The van der Waals surface area contributed by atoms with E-state index in [2.05, 4.69) is 16.5 Å². The number of rotatable bonds is 2. The second kappa shape index (κ2) is 3.01. The second-order valence-electron chi connectivity index (χ2n) is 2.12. The van der Waals surface area contributed by atoms with Crippen LogP contribution in [0.4, 0.5) is 5.95 Å².